The van der Waals surface area contributed by atoms with E-state index >= 15 is 0 Å². The zero-order valence-corrected chi connectivity index (χ0v) is 8.87. The number of nitrogens with two attached hydrogens (primary N) is 1. The predicted octanol–water partition coefficient (Wildman–Crippen LogP) is 1.47. The van der Waals surface area contributed by atoms with Gasteiger partial charge in [0.25, 0.3) is 0 Å². The van der Waals surface area contributed by atoms with Crippen LogP contribution >= 0.6 is 12.0 Å². The molecule has 1 rings (SSSR count). The summed E-state index contributed by atoms with van der Waals surface area (Å²) in [6, 6.07) is 9.49. The molecule has 0 heterocycles. The summed E-state index contributed by atoms with van der Waals surface area (Å²) in [7, 11) is 0. The average molecular weight is 217 g/mol. The topological polar surface area (TPSA) is 64.7 Å². The van der Waals surface area contributed by atoms with Gasteiger partial charge < -0.3 is 10.8 Å². The smallest absolute Gasteiger partial charge is 0.107 e. The Bertz CT molecular complexity index is 204. The molecule has 0 saturated carbocycles. The quantitative estimate of drug-likeness (QED) is 0.263. The lowest BCUT2D eigenvalue weighted by Gasteiger charge is -1.93. The van der Waals surface area contributed by atoms with Crippen LogP contribution < -0.4 is 5.73 Å². The van der Waals surface area contributed by atoms with Gasteiger partial charge in [0.2, 0.25) is 0 Å². The molecule has 3 N–H and O–H groups in total. The largest absolute Gasteiger partial charge is 0.399 e. The molecule has 1 aromatic rings. The van der Waals surface area contributed by atoms with Gasteiger partial charge in [0, 0.05) is 24.0 Å². The van der Waals surface area contributed by atoms with Crippen molar-refractivity contribution < 1.29 is 14.3 Å². The number of anilines is 1. The molecular formula is C9H15NO3S. The molecule has 1 aromatic carbocycles. The third-order valence-electron chi connectivity index (χ3n) is 1.09. The molecule has 5 heteroatoms. The van der Waals surface area contributed by atoms with Gasteiger partial charge in [-0.3, -0.25) is 0 Å². The number of rotatable bonds is 4. The summed E-state index contributed by atoms with van der Waals surface area (Å²) in [4.78, 5) is 4.34. The number of aliphatic hydroxyl groups excluding tert-OH is 1. The number of hydrogen-bond donors (Lipinski definition) is 2. The average Bonchev–Trinajstić information content (AvgIpc) is 2.21. The molecule has 0 atom stereocenters. The minimum absolute atomic E-state index is 0.000556. The molecule has 0 saturated heterocycles. The zero-order valence-electron chi connectivity index (χ0n) is 8.05. The molecule has 0 fully saturated rings. The first kappa shape index (κ1) is 13.2. The van der Waals surface area contributed by atoms with E-state index in [-0.39, 0.29) is 13.2 Å². The van der Waals surface area contributed by atoms with Crippen molar-refractivity contribution in [2.24, 2.45) is 0 Å². The van der Waals surface area contributed by atoms with E-state index in [1.807, 2.05) is 30.3 Å². The van der Waals surface area contributed by atoms with Crippen LogP contribution in [0.15, 0.2) is 30.3 Å². The fourth-order valence-corrected chi connectivity index (χ4v) is 0.737. The highest BCUT2D eigenvalue weighted by Crippen LogP contribution is 1.95. The maximum Gasteiger partial charge on any atom is 0.107 e. The Labute approximate surface area is 88.2 Å². The van der Waals surface area contributed by atoms with Crippen LogP contribution in [0.25, 0.3) is 0 Å². The summed E-state index contributed by atoms with van der Waals surface area (Å²) in [5, 5.41) is 8.08. The van der Waals surface area contributed by atoms with Crippen LogP contribution in [0.5, 0.6) is 0 Å². The van der Waals surface area contributed by atoms with Crippen molar-refractivity contribution in [2.75, 3.05) is 25.2 Å². The van der Waals surface area contributed by atoms with Crippen LogP contribution in [-0.2, 0) is 9.22 Å². The number of nitrogen functional groups attached to an aromatic ring is 1. The molecule has 0 unspecified atom stereocenters. The Hall–Kier alpha value is -0.750. The summed E-state index contributed by atoms with van der Waals surface area (Å²) < 4.78 is 4.33. The molecule has 0 aliphatic heterocycles. The highest BCUT2D eigenvalue weighted by atomic mass is 32.2. The number of benzene rings is 1. The van der Waals surface area contributed by atoms with Crippen LogP contribution in [-0.4, -0.2) is 24.6 Å². The first-order chi connectivity index (χ1) is 6.81. The zero-order chi connectivity index (χ0) is 10.6. The SMILES string of the molecule is CSOOCCO.Nc1ccccc1. The van der Waals surface area contributed by atoms with E-state index in [9.17, 15) is 0 Å². The number of para-hydroxylation sites is 1. The molecule has 14 heavy (non-hydrogen) atoms. The number of aliphatic hydroxyl groups is 1. The Morgan fingerprint density at radius 3 is 2.36 bits per heavy atom. The van der Waals surface area contributed by atoms with Gasteiger partial charge in [0.05, 0.1) is 6.61 Å². The van der Waals surface area contributed by atoms with Gasteiger partial charge in [0.15, 0.2) is 0 Å². The minimum Gasteiger partial charge on any atom is -0.399 e. The molecule has 0 amide bonds. The number of hydrogen-bond acceptors (Lipinski definition) is 5. The minimum atomic E-state index is 0.000556. The molecule has 0 aliphatic rings. The van der Waals surface area contributed by atoms with E-state index in [4.69, 9.17) is 10.8 Å². The van der Waals surface area contributed by atoms with Gasteiger partial charge in [-0.05, 0) is 12.1 Å². The van der Waals surface area contributed by atoms with Gasteiger partial charge in [0.1, 0.15) is 6.61 Å². The molecule has 0 spiro atoms. The fourth-order valence-electron chi connectivity index (χ4n) is 0.572. The Balaban J connectivity index is 0.000000241. The maximum atomic E-state index is 8.08. The normalized spacial score (nSPS) is 9.00. The van der Waals surface area contributed by atoms with E-state index in [1.165, 1.54) is 0 Å². The van der Waals surface area contributed by atoms with Crippen LogP contribution in [0, 0.1) is 0 Å². The van der Waals surface area contributed by atoms with Crippen molar-refractivity contribution >= 4 is 17.7 Å². The second-order valence-corrected chi connectivity index (χ2v) is 2.66. The maximum absolute atomic E-state index is 8.08. The lowest BCUT2D eigenvalue weighted by molar-refractivity contribution is -0.196. The third kappa shape index (κ3) is 9.34. The van der Waals surface area contributed by atoms with Gasteiger partial charge in [-0.2, -0.15) is 4.33 Å². The van der Waals surface area contributed by atoms with Gasteiger partial charge in [-0.1, -0.05) is 18.2 Å². The summed E-state index contributed by atoms with van der Waals surface area (Å²) in [5.41, 5.74) is 6.18. The van der Waals surface area contributed by atoms with Crippen molar-refractivity contribution in [1.29, 1.82) is 0 Å². The summed E-state index contributed by atoms with van der Waals surface area (Å²) >= 11 is 1.11. The summed E-state index contributed by atoms with van der Waals surface area (Å²) in [6.07, 6.45) is 1.73. The standard InChI is InChI=1S/C6H7N.C3H8O3S/c7-6-4-2-1-3-5-6;1-7-6-5-3-2-4/h1-5H,7H2;4H,2-3H2,1H3. The van der Waals surface area contributed by atoms with Crippen molar-refractivity contribution in [3.63, 3.8) is 0 Å². The van der Waals surface area contributed by atoms with E-state index in [2.05, 4.69) is 9.22 Å². The monoisotopic (exact) mass is 217 g/mol. The van der Waals surface area contributed by atoms with Gasteiger partial charge in [-0.25, -0.2) is 4.89 Å². The Kier molecular flexibility index (Phi) is 9.78. The molecule has 0 radical (unpaired) electrons. The highest BCUT2D eigenvalue weighted by Gasteiger charge is 1.79. The van der Waals surface area contributed by atoms with Crippen molar-refractivity contribution in [2.45, 2.75) is 0 Å². The van der Waals surface area contributed by atoms with Crippen LogP contribution in [0.1, 0.15) is 0 Å². The van der Waals surface area contributed by atoms with Gasteiger partial charge in [-0.15, -0.1) is 0 Å². The van der Waals surface area contributed by atoms with E-state index in [1.54, 1.807) is 6.26 Å². The molecular weight excluding hydrogens is 202 g/mol. The fraction of sp³-hybridized carbons (Fsp3) is 0.333. The first-order valence-electron chi connectivity index (χ1n) is 4.05. The second-order valence-electron chi connectivity index (χ2n) is 2.19. The lowest BCUT2D eigenvalue weighted by atomic mass is 10.3. The van der Waals surface area contributed by atoms with Crippen LogP contribution in [0.4, 0.5) is 5.69 Å². The highest BCUT2D eigenvalue weighted by molar-refractivity contribution is 7.93. The Morgan fingerprint density at radius 1 is 1.36 bits per heavy atom. The van der Waals surface area contributed by atoms with Crippen LogP contribution in [0.3, 0.4) is 0 Å². The third-order valence-corrected chi connectivity index (χ3v) is 1.32. The molecule has 0 aromatic heterocycles. The van der Waals surface area contributed by atoms with Crippen molar-refractivity contribution in [1.82, 2.24) is 0 Å². The van der Waals surface area contributed by atoms with E-state index < -0.39 is 0 Å². The molecule has 0 aliphatic carbocycles. The van der Waals surface area contributed by atoms with Gasteiger partial charge >= 0.3 is 0 Å². The molecule has 80 valence electrons. The summed E-state index contributed by atoms with van der Waals surface area (Å²) in [6.45, 7) is 0.238. The Morgan fingerprint density at radius 2 is 2.00 bits per heavy atom. The lowest BCUT2D eigenvalue weighted by Crippen LogP contribution is -1.95. The summed E-state index contributed by atoms with van der Waals surface area (Å²) in [5.74, 6) is 0. The molecule has 0 bridgehead atoms. The van der Waals surface area contributed by atoms with Crippen molar-refractivity contribution in [3.8, 4) is 0 Å². The van der Waals surface area contributed by atoms with Crippen molar-refractivity contribution in [3.05, 3.63) is 30.3 Å². The predicted molar refractivity (Wildman–Crippen MR) is 58.5 cm³/mol. The second kappa shape index (κ2) is 10.3. The van der Waals surface area contributed by atoms with E-state index in [0.717, 1.165) is 17.7 Å². The van der Waals surface area contributed by atoms with E-state index in [0.29, 0.717) is 0 Å². The van der Waals surface area contributed by atoms with Crippen LogP contribution in [0.2, 0.25) is 0 Å². The molecule has 4 nitrogen and oxygen atoms in total. The first-order valence-corrected chi connectivity index (χ1v) is 5.20.